The average Bonchev–Trinajstić information content (AvgIpc) is 2.78. The number of phenolic OH excluding ortho intramolecular Hbond substituents is 1. The van der Waals surface area contributed by atoms with Crippen molar-refractivity contribution in [1.82, 2.24) is 0 Å². The molecule has 3 aromatic carbocycles. The maximum absolute atomic E-state index is 13.9. The molecule has 3 aromatic rings. The number of rotatable bonds is 4. The van der Waals surface area contributed by atoms with Gasteiger partial charge >= 0.3 is 6.18 Å². The van der Waals surface area contributed by atoms with Crippen LogP contribution in [0.25, 0.3) is 0 Å². The van der Waals surface area contributed by atoms with Crippen LogP contribution in [0.1, 0.15) is 53.4 Å². The Kier molecular flexibility index (Phi) is 7.67. The van der Waals surface area contributed by atoms with Gasteiger partial charge in [0.1, 0.15) is 5.75 Å². The van der Waals surface area contributed by atoms with Gasteiger partial charge < -0.3 is 10.4 Å². The van der Waals surface area contributed by atoms with Gasteiger partial charge in [0.15, 0.2) is 0 Å². The number of hydrogen-bond donors (Lipinski definition) is 2. The summed E-state index contributed by atoms with van der Waals surface area (Å²) in [6.07, 6.45) is -4.87. The van der Waals surface area contributed by atoms with Crippen LogP contribution in [-0.2, 0) is 22.4 Å². The lowest BCUT2D eigenvalue weighted by Gasteiger charge is -2.24. The minimum atomic E-state index is -4.87. The van der Waals surface area contributed by atoms with Crippen LogP contribution in [0, 0.1) is 18.3 Å². The van der Waals surface area contributed by atoms with Gasteiger partial charge in [0.05, 0.1) is 39.2 Å². The number of carbonyl (C=O) groups is 1. The molecule has 0 spiro atoms. The van der Waals surface area contributed by atoms with Crippen LogP contribution < -0.4 is 5.32 Å². The van der Waals surface area contributed by atoms with Crippen molar-refractivity contribution in [3.05, 3.63) is 80.8 Å². The van der Waals surface area contributed by atoms with E-state index in [2.05, 4.69) is 21.2 Å². The lowest BCUT2D eigenvalue weighted by Crippen LogP contribution is -2.21. The molecule has 188 valence electrons. The van der Waals surface area contributed by atoms with Crippen LogP contribution in [0.3, 0.4) is 0 Å². The summed E-state index contributed by atoms with van der Waals surface area (Å²) in [7, 11) is -1.89. The lowest BCUT2D eigenvalue weighted by atomic mass is 9.82. The molecule has 1 unspecified atom stereocenters. The van der Waals surface area contributed by atoms with Gasteiger partial charge in [-0.15, -0.1) is 0 Å². The number of nitrogens with one attached hydrogen (secondary N) is 1. The van der Waals surface area contributed by atoms with Crippen molar-refractivity contribution < 1.29 is 27.3 Å². The lowest BCUT2D eigenvalue weighted by molar-refractivity contribution is -0.137. The predicted molar refractivity (Wildman–Crippen MR) is 134 cm³/mol. The van der Waals surface area contributed by atoms with Crippen LogP contribution in [0.2, 0.25) is 0 Å². The first-order valence-electron chi connectivity index (χ1n) is 10.6. The average molecular weight is 579 g/mol. The SMILES string of the molecule is Cc1c(C#N)cc(C(C)(C)C)c(O)c1C(=O)Nc1ccc(S(=O)c2ccc(Br)cc2)cc1C(F)(F)F. The van der Waals surface area contributed by atoms with E-state index in [1.54, 1.807) is 32.9 Å². The summed E-state index contributed by atoms with van der Waals surface area (Å²) in [4.78, 5) is 13.4. The van der Waals surface area contributed by atoms with Crippen molar-refractivity contribution in [2.24, 2.45) is 0 Å². The molecule has 0 saturated carbocycles. The normalized spacial score (nSPS) is 12.6. The molecule has 10 heteroatoms. The number of aromatic hydroxyl groups is 1. The minimum absolute atomic E-state index is 0.0943. The van der Waals surface area contributed by atoms with Crippen LogP contribution >= 0.6 is 15.9 Å². The number of carbonyl (C=O) groups excluding carboxylic acids is 1. The quantitative estimate of drug-likeness (QED) is 0.346. The number of anilines is 1. The first-order valence-corrected chi connectivity index (χ1v) is 12.6. The van der Waals surface area contributed by atoms with Crippen molar-refractivity contribution in [3.8, 4) is 11.8 Å². The van der Waals surface area contributed by atoms with Gasteiger partial charge in [0, 0.05) is 19.8 Å². The maximum Gasteiger partial charge on any atom is 0.418 e. The molecule has 3 rings (SSSR count). The van der Waals surface area contributed by atoms with Crippen molar-refractivity contribution in [2.75, 3.05) is 5.32 Å². The molecule has 1 atom stereocenters. The largest absolute Gasteiger partial charge is 0.507 e. The highest BCUT2D eigenvalue weighted by Gasteiger charge is 2.35. The smallest absolute Gasteiger partial charge is 0.418 e. The molecule has 36 heavy (non-hydrogen) atoms. The summed E-state index contributed by atoms with van der Waals surface area (Å²) in [6, 6.07) is 12.7. The van der Waals surface area contributed by atoms with Gasteiger partial charge in [-0.1, -0.05) is 36.7 Å². The topological polar surface area (TPSA) is 90.2 Å². The highest BCUT2D eigenvalue weighted by atomic mass is 79.9. The molecule has 2 N–H and O–H groups in total. The van der Waals surface area contributed by atoms with E-state index >= 15 is 0 Å². The zero-order chi connectivity index (χ0) is 27.0. The van der Waals surface area contributed by atoms with Gasteiger partial charge in [-0.3, -0.25) is 4.79 Å². The van der Waals surface area contributed by atoms with E-state index in [0.717, 1.165) is 16.6 Å². The Balaban J connectivity index is 2.08. The summed E-state index contributed by atoms with van der Waals surface area (Å²) >= 11 is 3.25. The van der Waals surface area contributed by atoms with Gasteiger partial charge in [-0.05, 0) is 66.4 Å². The van der Waals surface area contributed by atoms with Gasteiger partial charge in [0.25, 0.3) is 5.91 Å². The Morgan fingerprint density at radius 2 is 1.61 bits per heavy atom. The standard InChI is InChI=1S/C26H22BrF3N2O3S/c1-14-15(13-31)11-20(25(2,3)4)23(33)22(14)24(34)32-21-10-9-18(12-19(21)26(28,29)30)36(35)17-7-5-16(27)6-8-17/h5-12,33H,1-4H3,(H,32,34). The second kappa shape index (κ2) is 10.1. The fourth-order valence-electron chi connectivity index (χ4n) is 3.59. The molecular formula is C26H22BrF3N2O3S. The van der Waals surface area contributed by atoms with Crippen LogP contribution in [0.15, 0.2) is 62.8 Å². The molecule has 0 aliphatic rings. The van der Waals surface area contributed by atoms with E-state index in [9.17, 15) is 32.5 Å². The Morgan fingerprint density at radius 3 is 2.14 bits per heavy atom. The second-order valence-electron chi connectivity index (χ2n) is 9.06. The Labute approximate surface area is 217 Å². The summed E-state index contributed by atoms with van der Waals surface area (Å²) in [5, 5.41) is 22.5. The molecule has 0 aliphatic carbocycles. The molecular weight excluding hydrogens is 557 g/mol. The summed E-state index contributed by atoms with van der Waals surface area (Å²) in [5.41, 5.74) is -2.11. The van der Waals surface area contributed by atoms with Crippen LogP contribution in [-0.4, -0.2) is 15.2 Å². The molecule has 0 aromatic heterocycles. The Morgan fingerprint density at radius 1 is 1.03 bits per heavy atom. The first kappa shape index (κ1) is 27.4. The summed E-state index contributed by atoms with van der Waals surface area (Å²) in [6.45, 7) is 6.75. The molecule has 0 bridgehead atoms. The Hall–Kier alpha value is -3.16. The van der Waals surface area contributed by atoms with E-state index in [1.165, 1.54) is 31.2 Å². The monoisotopic (exact) mass is 578 g/mol. The van der Waals surface area contributed by atoms with E-state index in [-0.39, 0.29) is 21.6 Å². The first-order chi connectivity index (χ1) is 16.6. The number of nitrogens with zero attached hydrogens (tertiary/aromatic N) is 1. The van der Waals surface area contributed by atoms with Crippen LogP contribution in [0.5, 0.6) is 5.75 Å². The highest BCUT2D eigenvalue weighted by Crippen LogP contribution is 2.39. The van der Waals surface area contributed by atoms with Gasteiger partial charge in [-0.25, -0.2) is 4.21 Å². The molecule has 0 radical (unpaired) electrons. The third-order valence-electron chi connectivity index (χ3n) is 5.50. The fraction of sp³-hybridized carbons (Fsp3) is 0.231. The van der Waals surface area contributed by atoms with Crippen LogP contribution in [0.4, 0.5) is 18.9 Å². The molecule has 0 aliphatic heterocycles. The number of benzene rings is 3. The van der Waals surface area contributed by atoms with Crippen molar-refractivity contribution in [3.63, 3.8) is 0 Å². The zero-order valence-corrected chi connectivity index (χ0v) is 22.2. The van der Waals surface area contributed by atoms with E-state index < -0.39 is 45.3 Å². The number of amides is 1. The van der Waals surface area contributed by atoms with E-state index in [0.29, 0.717) is 10.5 Å². The minimum Gasteiger partial charge on any atom is -0.507 e. The molecule has 0 heterocycles. The molecule has 1 amide bonds. The second-order valence-corrected chi connectivity index (χ2v) is 11.5. The predicted octanol–water partition coefficient (Wildman–Crippen LogP) is 7.07. The zero-order valence-electron chi connectivity index (χ0n) is 19.7. The number of nitriles is 1. The fourth-order valence-corrected chi connectivity index (χ4v) is 4.93. The highest BCUT2D eigenvalue weighted by molar-refractivity contribution is 9.10. The third kappa shape index (κ3) is 5.63. The van der Waals surface area contributed by atoms with Crippen molar-refractivity contribution >= 4 is 38.3 Å². The third-order valence-corrected chi connectivity index (χ3v) is 7.41. The molecule has 0 fully saturated rings. The number of alkyl halides is 3. The maximum atomic E-state index is 13.9. The van der Waals surface area contributed by atoms with Crippen molar-refractivity contribution in [1.29, 1.82) is 5.26 Å². The summed E-state index contributed by atoms with van der Waals surface area (Å²) in [5.74, 6) is -1.40. The molecule has 5 nitrogen and oxygen atoms in total. The number of hydrogen-bond acceptors (Lipinski definition) is 4. The number of halogens is 4. The van der Waals surface area contributed by atoms with Crippen molar-refractivity contribution in [2.45, 2.75) is 49.1 Å². The number of phenols is 1. The van der Waals surface area contributed by atoms with E-state index in [1.807, 2.05) is 6.07 Å². The van der Waals surface area contributed by atoms with Gasteiger partial charge in [0.2, 0.25) is 0 Å². The summed E-state index contributed by atoms with van der Waals surface area (Å²) < 4.78 is 55.4. The van der Waals surface area contributed by atoms with E-state index in [4.69, 9.17) is 0 Å². The Bertz CT molecular complexity index is 1410. The molecule has 0 saturated heterocycles. The van der Waals surface area contributed by atoms with Gasteiger partial charge in [-0.2, -0.15) is 18.4 Å².